The molecule has 0 saturated carbocycles. The van der Waals surface area contributed by atoms with Crippen LogP contribution in [0.25, 0.3) is 0 Å². The minimum Gasteiger partial charge on any atom is -0.349 e. The van der Waals surface area contributed by atoms with E-state index in [0.717, 1.165) is 0 Å². The Morgan fingerprint density at radius 1 is 1.29 bits per heavy atom. The maximum atomic E-state index is 12.9. The van der Waals surface area contributed by atoms with Crippen molar-refractivity contribution in [3.63, 3.8) is 0 Å². The molecule has 17 heavy (non-hydrogen) atoms. The summed E-state index contributed by atoms with van der Waals surface area (Å²) >= 11 is 0. The van der Waals surface area contributed by atoms with Gasteiger partial charge in [0.15, 0.2) is 11.5 Å². The van der Waals surface area contributed by atoms with Crippen LogP contribution in [0.5, 0.6) is 0 Å². The molecule has 4 heteroatoms. The molecule has 0 amide bonds. The van der Waals surface area contributed by atoms with Crippen LogP contribution < -0.4 is 5.73 Å². The summed E-state index contributed by atoms with van der Waals surface area (Å²) in [7, 11) is 0. The lowest BCUT2D eigenvalue weighted by molar-refractivity contribution is -0.111. The van der Waals surface area contributed by atoms with Gasteiger partial charge in [0.2, 0.25) is 0 Å². The van der Waals surface area contributed by atoms with Crippen molar-refractivity contribution in [2.45, 2.75) is 12.3 Å². The summed E-state index contributed by atoms with van der Waals surface area (Å²) in [4.78, 5) is 10.9. The Labute approximate surface area is 98.4 Å². The number of carbonyl (C=O) groups is 1. The molecule has 1 aromatic rings. The molecular weight excluding hydrogens is 221 g/mol. The molecule has 1 aliphatic carbocycles. The van der Waals surface area contributed by atoms with Crippen LogP contribution in [0.15, 0.2) is 48.6 Å². The van der Waals surface area contributed by atoms with Crippen molar-refractivity contribution in [2.75, 3.05) is 0 Å². The van der Waals surface area contributed by atoms with Crippen molar-refractivity contribution in [1.29, 1.82) is 0 Å². The number of ether oxygens (including phenoxy) is 1. The van der Waals surface area contributed by atoms with Crippen molar-refractivity contribution in [3.8, 4) is 0 Å². The summed E-state index contributed by atoms with van der Waals surface area (Å²) in [6, 6.07) is 6.09. The van der Waals surface area contributed by atoms with Gasteiger partial charge >= 0.3 is 0 Å². The summed E-state index contributed by atoms with van der Waals surface area (Å²) in [6.45, 7) is 0.178. The number of hydrogen-bond donors (Lipinski definition) is 1. The second kappa shape index (κ2) is 4.61. The van der Waals surface area contributed by atoms with E-state index >= 15 is 0 Å². The number of carbonyl (C=O) groups excluding carboxylic acids is 1. The Morgan fingerprint density at radius 3 is 2.65 bits per heavy atom. The Hall–Kier alpha value is -1.78. The second-order valence-electron chi connectivity index (χ2n) is 3.84. The Kier molecular flexibility index (Phi) is 3.17. The zero-order valence-corrected chi connectivity index (χ0v) is 9.10. The highest BCUT2D eigenvalue weighted by atomic mass is 19.1. The number of nitrogens with two attached hydrogens (primary N) is 1. The lowest BCUT2D eigenvalue weighted by Gasteiger charge is -2.24. The molecule has 0 saturated heterocycles. The first-order chi connectivity index (χ1) is 8.07. The van der Waals surface area contributed by atoms with E-state index in [1.165, 1.54) is 36.4 Å². The number of halogens is 1. The van der Waals surface area contributed by atoms with Crippen molar-refractivity contribution in [2.24, 2.45) is 5.73 Å². The van der Waals surface area contributed by atoms with Crippen LogP contribution in [-0.2, 0) is 16.1 Å². The predicted molar refractivity (Wildman–Crippen MR) is 61.4 cm³/mol. The summed E-state index contributed by atoms with van der Waals surface area (Å²) < 4.78 is 18.4. The summed E-state index contributed by atoms with van der Waals surface area (Å²) in [6.07, 6.45) is 5.67. The van der Waals surface area contributed by atoms with Crippen molar-refractivity contribution < 1.29 is 13.9 Å². The first-order valence-electron chi connectivity index (χ1n) is 5.17. The van der Waals surface area contributed by atoms with Gasteiger partial charge in [-0.1, -0.05) is 12.1 Å². The van der Waals surface area contributed by atoms with Gasteiger partial charge in [-0.3, -0.25) is 10.5 Å². The van der Waals surface area contributed by atoms with Crippen LogP contribution in [0.3, 0.4) is 0 Å². The van der Waals surface area contributed by atoms with E-state index in [4.69, 9.17) is 10.5 Å². The predicted octanol–water partition coefficient (Wildman–Crippen LogP) is 1.69. The highest BCUT2D eigenvalue weighted by Gasteiger charge is 2.21. The number of ketones is 1. The van der Waals surface area contributed by atoms with Crippen LogP contribution >= 0.6 is 0 Å². The zero-order chi connectivity index (χ0) is 12.3. The van der Waals surface area contributed by atoms with Gasteiger partial charge in [-0.05, 0) is 42.0 Å². The summed E-state index contributed by atoms with van der Waals surface area (Å²) in [5.74, 6) is -0.442. The number of benzene rings is 1. The molecule has 0 aliphatic heterocycles. The van der Waals surface area contributed by atoms with Crippen molar-refractivity contribution in [3.05, 3.63) is 60.0 Å². The van der Waals surface area contributed by atoms with E-state index < -0.39 is 5.72 Å². The second-order valence-corrected chi connectivity index (χ2v) is 3.84. The lowest BCUT2D eigenvalue weighted by Crippen LogP contribution is -2.39. The molecule has 0 fully saturated rings. The average Bonchev–Trinajstić information content (AvgIpc) is 2.31. The maximum Gasteiger partial charge on any atom is 0.178 e. The molecular formula is C13H12FNO2. The van der Waals surface area contributed by atoms with E-state index in [-0.39, 0.29) is 18.2 Å². The molecule has 0 aromatic heterocycles. The quantitative estimate of drug-likeness (QED) is 0.808. The van der Waals surface area contributed by atoms with E-state index in [9.17, 15) is 9.18 Å². The van der Waals surface area contributed by atoms with Crippen LogP contribution in [0.4, 0.5) is 4.39 Å². The molecule has 0 atom stereocenters. The van der Waals surface area contributed by atoms with Gasteiger partial charge in [0.1, 0.15) is 5.82 Å². The summed E-state index contributed by atoms with van der Waals surface area (Å²) in [5, 5.41) is 0. The fraction of sp³-hybridized carbons (Fsp3) is 0.154. The van der Waals surface area contributed by atoms with Gasteiger partial charge in [0.25, 0.3) is 0 Å². The number of hydrogen-bond acceptors (Lipinski definition) is 3. The zero-order valence-electron chi connectivity index (χ0n) is 9.10. The van der Waals surface area contributed by atoms with Gasteiger partial charge in [0, 0.05) is 0 Å². The molecule has 0 spiro atoms. The minimum atomic E-state index is -1.10. The van der Waals surface area contributed by atoms with Crippen LogP contribution in [-0.4, -0.2) is 11.5 Å². The van der Waals surface area contributed by atoms with E-state index in [2.05, 4.69) is 0 Å². The third-order valence-corrected chi connectivity index (χ3v) is 2.39. The molecule has 0 bridgehead atoms. The molecule has 3 nitrogen and oxygen atoms in total. The fourth-order valence-corrected chi connectivity index (χ4v) is 1.47. The SMILES string of the molecule is NC1(OCc2cccc(F)c2)C=CC(=O)C=C1. The first-order valence-corrected chi connectivity index (χ1v) is 5.17. The van der Waals surface area contributed by atoms with Crippen LogP contribution in [0.1, 0.15) is 5.56 Å². The molecule has 1 aromatic carbocycles. The summed E-state index contributed by atoms with van der Waals surface area (Å²) in [5.41, 5.74) is 5.46. The van der Waals surface area contributed by atoms with Crippen molar-refractivity contribution >= 4 is 5.78 Å². The third kappa shape index (κ3) is 3.09. The number of rotatable bonds is 3. The Morgan fingerprint density at radius 2 is 2.00 bits per heavy atom. The standard InChI is InChI=1S/C13H12FNO2/c14-11-3-1-2-10(8-11)9-17-13(15)6-4-12(16)5-7-13/h1-8H,9,15H2. The van der Waals surface area contributed by atoms with Gasteiger partial charge in [-0.2, -0.15) is 0 Å². The Bertz CT molecular complexity index is 478. The smallest absolute Gasteiger partial charge is 0.178 e. The van der Waals surface area contributed by atoms with Gasteiger partial charge < -0.3 is 4.74 Å². The monoisotopic (exact) mass is 233 g/mol. The molecule has 0 heterocycles. The fourth-order valence-electron chi connectivity index (χ4n) is 1.47. The van der Waals surface area contributed by atoms with E-state index in [1.807, 2.05) is 0 Å². The van der Waals surface area contributed by atoms with Crippen molar-refractivity contribution in [1.82, 2.24) is 0 Å². The Balaban J connectivity index is 2.01. The first kappa shape index (κ1) is 11.7. The topological polar surface area (TPSA) is 52.3 Å². The molecule has 88 valence electrons. The highest BCUT2D eigenvalue weighted by Crippen LogP contribution is 2.15. The molecule has 2 rings (SSSR count). The minimum absolute atomic E-state index is 0.125. The van der Waals surface area contributed by atoms with Gasteiger partial charge in [0.05, 0.1) is 6.61 Å². The highest BCUT2D eigenvalue weighted by molar-refractivity contribution is 6.00. The van der Waals surface area contributed by atoms with Gasteiger partial charge in [-0.25, -0.2) is 4.39 Å². The van der Waals surface area contributed by atoms with E-state index in [0.29, 0.717) is 5.56 Å². The maximum absolute atomic E-state index is 12.9. The normalized spacial score (nSPS) is 17.4. The van der Waals surface area contributed by atoms with E-state index in [1.54, 1.807) is 12.1 Å². The van der Waals surface area contributed by atoms with Crippen LogP contribution in [0.2, 0.25) is 0 Å². The van der Waals surface area contributed by atoms with Gasteiger partial charge in [-0.15, -0.1) is 0 Å². The largest absolute Gasteiger partial charge is 0.349 e. The number of allylic oxidation sites excluding steroid dienone is 2. The lowest BCUT2D eigenvalue weighted by atomic mass is 10.1. The molecule has 0 radical (unpaired) electrons. The van der Waals surface area contributed by atoms with Crippen LogP contribution in [0, 0.1) is 5.82 Å². The molecule has 2 N–H and O–H groups in total. The average molecular weight is 233 g/mol. The third-order valence-electron chi connectivity index (χ3n) is 2.39. The molecule has 1 aliphatic rings. The molecule has 0 unspecified atom stereocenters.